The van der Waals surface area contributed by atoms with Crippen LogP contribution in [0.2, 0.25) is 0 Å². The van der Waals surface area contributed by atoms with Crippen molar-refractivity contribution in [3.63, 3.8) is 0 Å². The minimum atomic E-state index is -2.86. The second kappa shape index (κ2) is 6.35. The highest BCUT2D eigenvalue weighted by molar-refractivity contribution is 5.95. The average Bonchev–Trinajstić information content (AvgIpc) is 2.86. The van der Waals surface area contributed by atoms with E-state index in [4.69, 9.17) is 14.2 Å². The summed E-state index contributed by atoms with van der Waals surface area (Å²) in [5, 5.41) is 5.07. The Balaban J connectivity index is 2.17. The molecule has 22 heavy (non-hydrogen) atoms. The number of hydrogen-bond acceptors (Lipinski definition) is 5. The fraction of sp³-hybridized carbons (Fsp3) is 0.500. The van der Waals surface area contributed by atoms with Crippen molar-refractivity contribution in [2.45, 2.75) is 18.4 Å². The number of anilines is 1. The van der Waals surface area contributed by atoms with Crippen LogP contribution in [0.5, 0.6) is 17.2 Å². The number of carbonyl (C=O) groups is 1. The summed E-state index contributed by atoms with van der Waals surface area (Å²) in [7, 11) is 4.35. The largest absolute Gasteiger partial charge is 0.493 e. The summed E-state index contributed by atoms with van der Waals surface area (Å²) in [4.78, 5) is 12.0. The Labute approximate surface area is 126 Å². The fourth-order valence-corrected chi connectivity index (χ4v) is 2.28. The standard InChI is InChI=1S/C14H18F2N2O4/c1-20-10-4-8(5-11(21-2)12(10)22-3)18-13(19)9-6-14(15,16)7-17-9/h4-5,9,17H,6-7H2,1-3H3,(H,18,19). The molecule has 0 aliphatic carbocycles. The zero-order chi connectivity index (χ0) is 16.3. The van der Waals surface area contributed by atoms with Crippen LogP contribution >= 0.6 is 0 Å². The van der Waals surface area contributed by atoms with E-state index in [2.05, 4.69) is 10.6 Å². The molecular formula is C14H18F2N2O4. The van der Waals surface area contributed by atoms with Crippen molar-refractivity contribution in [2.24, 2.45) is 0 Å². The number of carbonyl (C=O) groups excluding carboxylic acids is 1. The van der Waals surface area contributed by atoms with Gasteiger partial charge in [-0.05, 0) is 0 Å². The lowest BCUT2D eigenvalue weighted by molar-refractivity contribution is -0.118. The number of methoxy groups -OCH3 is 3. The van der Waals surface area contributed by atoms with Crippen LogP contribution in [-0.4, -0.2) is 45.7 Å². The Kier molecular flexibility index (Phi) is 4.70. The quantitative estimate of drug-likeness (QED) is 0.864. The molecule has 122 valence electrons. The number of ether oxygens (including phenoxy) is 3. The van der Waals surface area contributed by atoms with Gasteiger partial charge in [0.25, 0.3) is 5.92 Å². The van der Waals surface area contributed by atoms with Crippen molar-refractivity contribution in [2.75, 3.05) is 33.2 Å². The highest BCUT2D eigenvalue weighted by atomic mass is 19.3. The van der Waals surface area contributed by atoms with Crippen LogP contribution in [0.15, 0.2) is 12.1 Å². The first kappa shape index (κ1) is 16.3. The minimum Gasteiger partial charge on any atom is -0.493 e. The van der Waals surface area contributed by atoms with Gasteiger partial charge in [-0.2, -0.15) is 0 Å². The lowest BCUT2D eigenvalue weighted by Crippen LogP contribution is -2.35. The van der Waals surface area contributed by atoms with Gasteiger partial charge in [-0.25, -0.2) is 8.78 Å². The summed E-state index contributed by atoms with van der Waals surface area (Å²) in [6.45, 7) is -0.500. The van der Waals surface area contributed by atoms with E-state index in [0.717, 1.165) is 0 Å². The Morgan fingerprint density at radius 3 is 2.23 bits per heavy atom. The molecule has 8 heteroatoms. The van der Waals surface area contributed by atoms with Crippen LogP contribution in [-0.2, 0) is 4.79 Å². The number of rotatable bonds is 5. The highest BCUT2D eigenvalue weighted by Gasteiger charge is 2.42. The van der Waals surface area contributed by atoms with Gasteiger partial charge in [0.05, 0.1) is 33.9 Å². The van der Waals surface area contributed by atoms with Gasteiger partial charge in [-0.15, -0.1) is 0 Å². The predicted octanol–water partition coefficient (Wildman–Crippen LogP) is 1.65. The summed E-state index contributed by atoms with van der Waals surface area (Å²) in [5.41, 5.74) is 0.372. The van der Waals surface area contributed by atoms with E-state index in [-0.39, 0.29) is 0 Å². The van der Waals surface area contributed by atoms with Gasteiger partial charge in [-0.1, -0.05) is 0 Å². The second-order valence-electron chi connectivity index (χ2n) is 4.90. The van der Waals surface area contributed by atoms with Crippen LogP contribution in [0.4, 0.5) is 14.5 Å². The van der Waals surface area contributed by atoms with Crippen LogP contribution in [0, 0.1) is 0 Å². The van der Waals surface area contributed by atoms with Crippen LogP contribution < -0.4 is 24.8 Å². The molecule has 1 aromatic rings. The van der Waals surface area contributed by atoms with E-state index < -0.39 is 30.8 Å². The fourth-order valence-electron chi connectivity index (χ4n) is 2.28. The topological polar surface area (TPSA) is 68.8 Å². The molecule has 2 rings (SSSR count). The maximum Gasteiger partial charge on any atom is 0.262 e. The second-order valence-corrected chi connectivity index (χ2v) is 4.90. The van der Waals surface area contributed by atoms with Crippen molar-refractivity contribution < 1.29 is 27.8 Å². The molecule has 1 aromatic carbocycles. The van der Waals surface area contributed by atoms with E-state index in [9.17, 15) is 13.6 Å². The van der Waals surface area contributed by atoms with Crippen molar-refractivity contribution in [1.29, 1.82) is 0 Å². The smallest absolute Gasteiger partial charge is 0.262 e. The molecule has 2 N–H and O–H groups in total. The van der Waals surface area contributed by atoms with Gasteiger partial charge in [-0.3, -0.25) is 10.1 Å². The molecule has 1 saturated heterocycles. The third-order valence-corrected chi connectivity index (χ3v) is 3.36. The molecule has 1 unspecified atom stereocenters. The van der Waals surface area contributed by atoms with E-state index in [1.165, 1.54) is 33.5 Å². The van der Waals surface area contributed by atoms with Crippen molar-refractivity contribution >= 4 is 11.6 Å². The van der Waals surface area contributed by atoms with Gasteiger partial charge in [0.2, 0.25) is 11.7 Å². The molecule has 1 heterocycles. The SMILES string of the molecule is COc1cc(NC(=O)C2CC(F)(F)CN2)cc(OC)c1OC. The number of hydrogen-bond donors (Lipinski definition) is 2. The maximum absolute atomic E-state index is 13.1. The number of amides is 1. The Morgan fingerprint density at radius 1 is 1.23 bits per heavy atom. The van der Waals surface area contributed by atoms with Crippen molar-refractivity contribution in [3.05, 3.63) is 12.1 Å². The monoisotopic (exact) mass is 316 g/mol. The van der Waals surface area contributed by atoms with Gasteiger partial charge < -0.3 is 19.5 Å². The van der Waals surface area contributed by atoms with E-state index >= 15 is 0 Å². The summed E-state index contributed by atoms with van der Waals surface area (Å²) in [6, 6.07) is 2.13. The third kappa shape index (κ3) is 3.38. The molecule has 0 spiro atoms. The van der Waals surface area contributed by atoms with E-state index in [0.29, 0.717) is 22.9 Å². The van der Waals surface area contributed by atoms with Crippen LogP contribution in [0.3, 0.4) is 0 Å². The Morgan fingerprint density at radius 2 is 1.82 bits per heavy atom. The molecular weight excluding hydrogens is 298 g/mol. The normalized spacial score (nSPS) is 19.6. The first-order chi connectivity index (χ1) is 10.4. The van der Waals surface area contributed by atoms with E-state index in [1.54, 1.807) is 0 Å². The lowest BCUT2D eigenvalue weighted by atomic mass is 10.1. The lowest BCUT2D eigenvalue weighted by Gasteiger charge is -2.16. The predicted molar refractivity (Wildman–Crippen MR) is 76.1 cm³/mol. The first-order valence-corrected chi connectivity index (χ1v) is 6.62. The molecule has 0 bridgehead atoms. The van der Waals surface area contributed by atoms with Crippen molar-refractivity contribution in [1.82, 2.24) is 5.32 Å². The van der Waals surface area contributed by atoms with Crippen LogP contribution in [0.1, 0.15) is 6.42 Å². The zero-order valence-corrected chi connectivity index (χ0v) is 12.5. The molecule has 0 aromatic heterocycles. The van der Waals surface area contributed by atoms with Crippen LogP contribution in [0.25, 0.3) is 0 Å². The van der Waals surface area contributed by atoms with E-state index in [1.807, 2.05) is 0 Å². The number of halogens is 2. The minimum absolute atomic E-state index is 0.363. The Bertz CT molecular complexity index is 541. The third-order valence-electron chi connectivity index (χ3n) is 3.36. The molecule has 1 fully saturated rings. The molecule has 0 radical (unpaired) electrons. The molecule has 1 aliphatic heterocycles. The molecule has 1 atom stereocenters. The molecule has 0 saturated carbocycles. The highest BCUT2D eigenvalue weighted by Crippen LogP contribution is 2.40. The number of alkyl halides is 2. The summed E-state index contributed by atoms with van der Waals surface area (Å²) >= 11 is 0. The summed E-state index contributed by atoms with van der Waals surface area (Å²) in [5.74, 6) is -2.29. The van der Waals surface area contributed by atoms with Gasteiger partial charge in [0, 0.05) is 24.2 Å². The van der Waals surface area contributed by atoms with Gasteiger partial charge in [0.15, 0.2) is 11.5 Å². The van der Waals surface area contributed by atoms with Crippen molar-refractivity contribution in [3.8, 4) is 17.2 Å². The molecule has 1 aliphatic rings. The van der Waals surface area contributed by atoms with Gasteiger partial charge >= 0.3 is 0 Å². The zero-order valence-electron chi connectivity index (χ0n) is 12.5. The summed E-state index contributed by atoms with van der Waals surface area (Å²) < 4.78 is 41.8. The molecule has 1 amide bonds. The maximum atomic E-state index is 13.1. The first-order valence-electron chi connectivity index (χ1n) is 6.62. The average molecular weight is 316 g/mol. The molecule has 6 nitrogen and oxygen atoms in total. The summed E-state index contributed by atoms with van der Waals surface area (Å²) in [6.07, 6.45) is -0.525. The van der Waals surface area contributed by atoms with Gasteiger partial charge in [0.1, 0.15) is 0 Å². The number of nitrogens with one attached hydrogen (secondary N) is 2. The number of benzene rings is 1. The Hall–Kier alpha value is -2.09.